The van der Waals surface area contributed by atoms with Crippen molar-refractivity contribution in [2.75, 3.05) is 31.1 Å². The van der Waals surface area contributed by atoms with Gasteiger partial charge in [-0.25, -0.2) is 4.98 Å². The average Bonchev–Trinajstić information content (AvgIpc) is 2.98. The Morgan fingerprint density at radius 2 is 1.80 bits per heavy atom. The van der Waals surface area contributed by atoms with Gasteiger partial charge in [-0.15, -0.1) is 0 Å². The van der Waals surface area contributed by atoms with Crippen LogP contribution in [0.15, 0.2) is 42.6 Å². The number of β-amino-alcohol motifs (C(OH)–C–C–N with tert-alkyl or cyclic N) is 1. The molecule has 5 nitrogen and oxygen atoms in total. The summed E-state index contributed by atoms with van der Waals surface area (Å²) in [5.74, 6) is 0.681. The van der Waals surface area contributed by atoms with Crippen LogP contribution in [0, 0.1) is 11.3 Å². The minimum absolute atomic E-state index is 0.445. The van der Waals surface area contributed by atoms with Gasteiger partial charge in [0.15, 0.2) is 0 Å². The van der Waals surface area contributed by atoms with Crippen molar-refractivity contribution in [2.45, 2.75) is 25.0 Å². The second kappa shape index (κ2) is 6.83. The number of pyridine rings is 1. The largest absolute Gasteiger partial charge is 0.390 e. The molecule has 1 aliphatic heterocycles. The van der Waals surface area contributed by atoms with Gasteiger partial charge in [0.05, 0.1) is 11.7 Å². The lowest BCUT2D eigenvalue weighted by molar-refractivity contribution is 0.109. The minimum Gasteiger partial charge on any atom is -0.390 e. The van der Waals surface area contributed by atoms with E-state index in [9.17, 15) is 10.4 Å². The van der Waals surface area contributed by atoms with E-state index in [1.165, 1.54) is 11.1 Å². The van der Waals surface area contributed by atoms with Gasteiger partial charge in [-0.3, -0.25) is 4.90 Å². The molecule has 0 spiro atoms. The van der Waals surface area contributed by atoms with Crippen molar-refractivity contribution in [3.05, 3.63) is 59.3 Å². The molecule has 2 aliphatic rings. The van der Waals surface area contributed by atoms with E-state index >= 15 is 0 Å². The number of rotatable bonds is 2. The third kappa shape index (κ3) is 3.23. The molecule has 4 rings (SSSR count). The van der Waals surface area contributed by atoms with Crippen molar-refractivity contribution in [2.24, 2.45) is 0 Å². The molecule has 0 bridgehead atoms. The number of aliphatic hydroxyl groups excluding tert-OH is 1. The second-order valence-electron chi connectivity index (χ2n) is 6.91. The predicted octanol–water partition coefficient (Wildman–Crippen LogP) is 1.60. The zero-order valence-corrected chi connectivity index (χ0v) is 14.2. The fourth-order valence-electron chi connectivity index (χ4n) is 4.07. The second-order valence-corrected chi connectivity index (χ2v) is 6.91. The standard InChI is InChI=1S/C20H22N4O/c21-12-17-6-3-7-22-20(17)24-9-8-23(13-19(25)14-24)18-10-15-4-1-2-5-16(15)11-18/h1-7,18-19,25H,8-11,13-14H2/t19-/m1/s1. The number of anilines is 1. The van der Waals surface area contributed by atoms with Gasteiger partial charge >= 0.3 is 0 Å². The SMILES string of the molecule is N#Cc1cccnc1N1CCN(C2Cc3ccccc3C2)C[C@@H](O)C1. The molecule has 1 aromatic carbocycles. The van der Waals surface area contributed by atoms with Crippen molar-refractivity contribution < 1.29 is 5.11 Å². The molecule has 0 amide bonds. The molecule has 2 heterocycles. The molecule has 0 unspecified atom stereocenters. The Kier molecular flexibility index (Phi) is 4.39. The fourth-order valence-corrected chi connectivity index (χ4v) is 4.07. The lowest BCUT2D eigenvalue weighted by Gasteiger charge is -2.28. The maximum absolute atomic E-state index is 10.5. The summed E-state index contributed by atoms with van der Waals surface area (Å²) in [6, 6.07) is 14.8. The van der Waals surface area contributed by atoms with Crippen LogP contribution in [0.1, 0.15) is 16.7 Å². The zero-order chi connectivity index (χ0) is 17.2. The number of aliphatic hydroxyl groups is 1. The molecular formula is C20H22N4O. The van der Waals surface area contributed by atoms with Crippen molar-refractivity contribution in [1.82, 2.24) is 9.88 Å². The van der Waals surface area contributed by atoms with Crippen LogP contribution in [0.25, 0.3) is 0 Å². The van der Waals surface area contributed by atoms with E-state index in [0.717, 1.165) is 25.9 Å². The molecular weight excluding hydrogens is 312 g/mol. The summed E-state index contributed by atoms with van der Waals surface area (Å²) in [4.78, 5) is 8.83. The first-order chi connectivity index (χ1) is 12.2. The van der Waals surface area contributed by atoms with E-state index in [4.69, 9.17) is 0 Å². The van der Waals surface area contributed by atoms with Crippen molar-refractivity contribution in [3.63, 3.8) is 0 Å². The summed E-state index contributed by atoms with van der Waals surface area (Å²) < 4.78 is 0. The first-order valence-corrected chi connectivity index (χ1v) is 8.83. The van der Waals surface area contributed by atoms with Crippen molar-refractivity contribution in [1.29, 1.82) is 5.26 Å². The molecule has 1 N–H and O–H groups in total. The monoisotopic (exact) mass is 334 g/mol. The third-order valence-electron chi connectivity index (χ3n) is 5.29. The molecule has 1 fully saturated rings. The smallest absolute Gasteiger partial charge is 0.146 e. The lowest BCUT2D eigenvalue weighted by Crippen LogP contribution is -2.41. The van der Waals surface area contributed by atoms with Crippen LogP contribution >= 0.6 is 0 Å². The molecule has 128 valence electrons. The van der Waals surface area contributed by atoms with Crippen molar-refractivity contribution >= 4 is 5.82 Å². The van der Waals surface area contributed by atoms with E-state index in [2.05, 4.69) is 40.2 Å². The normalized spacial score (nSPS) is 21.6. The topological polar surface area (TPSA) is 63.4 Å². The number of nitriles is 1. The highest BCUT2D eigenvalue weighted by atomic mass is 16.3. The molecule has 25 heavy (non-hydrogen) atoms. The molecule has 0 radical (unpaired) electrons. The summed E-state index contributed by atoms with van der Waals surface area (Å²) in [5, 5.41) is 19.9. The highest BCUT2D eigenvalue weighted by Gasteiger charge is 2.31. The molecule has 1 atom stereocenters. The lowest BCUT2D eigenvalue weighted by atomic mass is 10.1. The summed E-state index contributed by atoms with van der Waals surface area (Å²) in [7, 11) is 0. The van der Waals surface area contributed by atoms with Gasteiger partial charge in [-0.05, 0) is 36.1 Å². The van der Waals surface area contributed by atoms with Crippen molar-refractivity contribution in [3.8, 4) is 6.07 Å². The highest BCUT2D eigenvalue weighted by Crippen LogP contribution is 2.27. The van der Waals surface area contributed by atoms with Crippen LogP contribution in [0.4, 0.5) is 5.82 Å². The molecule has 1 saturated heterocycles. The Morgan fingerprint density at radius 3 is 2.52 bits per heavy atom. The van der Waals surface area contributed by atoms with Crippen LogP contribution in [-0.2, 0) is 12.8 Å². The van der Waals surface area contributed by atoms with Gasteiger partial charge in [-0.1, -0.05) is 24.3 Å². The average molecular weight is 334 g/mol. The van der Waals surface area contributed by atoms with Crippen LogP contribution < -0.4 is 4.90 Å². The molecule has 1 aromatic heterocycles. The predicted molar refractivity (Wildman–Crippen MR) is 96.4 cm³/mol. The van der Waals surface area contributed by atoms with Gasteiger partial charge < -0.3 is 10.0 Å². The van der Waals surface area contributed by atoms with E-state index in [-0.39, 0.29) is 0 Å². The maximum Gasteiger partial charge on any atom is 0.146 e. The Bertz CT molecular complexity index is 775. The van der Waals surface area contributed by atoms with Crippen LogP contribution in [0.2, 0.25) is 0 Å². The van der Waals surface area contributed by atoms with E-state index in [0.29, 0.717) is 30.5 Å². The van der Waals surface area contributed by atoms with E-state index < -0.39 is 6.10 Å². The summed E-state index contributed by atoms with van der Waals surface area (Å²) >= 11 is 0. The number of hydrogen-bond acceptors (Lipinski definition) is 5. The number of benzene rings is 1. The summed E-state index contributed by atoms with van der Waals surface area (Å²) in [6.07, 6.45) is 3.37. The molecule has 2 aromatic rings. The van der Waals surface area contributed by atoms with Crippen LogP contribution in [0.3, 0.4) is 0 Å². The Labute approximate surface area is 148 Å². The van der Waals surface area contributed by atoms with Gasteiger partial charge in [0.2, 0.25) is 0 Å². The number of fused-ring (bicyclic) bond motifs is 1. The maximum atomic E-state index is 10.5. The van der Waals surface area contributed by atoms with Gasteiger partial charge in [0.1, 0.15) is 11.9 Å². The van der Waals surface area contributed by atoms with E-state index in [1.807, 2.05) is 4.90 Å². The molecule has 0 saturated carbocycles. The van der Waals surface area contributed by atoms with Crippen LogP contribution in [-0.4, -0.2) is 53.3 Å². The summed E-state index contributed by atoms with van der Waals surface area (Å²) in [6.45, 7) is 2.83. The third-order valence-corrected chi connectivity index (χ3v) is 5.29. The first-order valence-electron chi connectivity index (χ1n) is 8.83. The Morgan fingerprint density at radius 1 is 1.04 bits per heavy atom. The molecule has 1 aliphatic carbocycles. The van der Waals surface area contributed by atoms with Gasteiger partial charge in [0.25, 0.3) is 0 Å². The Balaban J connectivity index is 1.50. The number of hydrogen-bond donors (Lipinski definition) is 1. The quantitative estimate of drug-likeness (QED) is 0.904. The summed E-state index contributed by atoms with van der Waals surface area (Å²) in [5.41, 5.74) is 3.43. The van der Waals surface area contributed by atoms with Crippen LogP contribution in [0.5, 0.6) is 0 Å². The zero-order valence-electron chi connectivity index (χ0n) is 14.2. The minimum atomic E-state index is -0.445. The van der Waals surface area contributed by atoms with E-state index in [1.54, 1.807) is 18.3 Å². The van der Waals surface area contributed by atoms with Gasteiger partial charge in [-0.2, -0.15) is 5.26 Å². The highest BCUT2D eigenvalue weighted by molar-refractivity contribution is 5.53. The number of nitrogens with zero attached hydrogens (tertiary/aromatic N) is 4. The first kappa shape index (κ1) is 16.1. The Hall–Kier alpha value is -2.42. The number of aromatic nitrogens is 1. The van der Waals surface area contributed by atoms with Gasteiger partial charge in [0, 0.05) is 38.4 Å². The fraction of sp³-hybridized carbons (Fsp3) is 0.400. The molecule has 5 heteroatoms.